The van der Waals surface area contributed by atoms with Crippen LogP contribution in [0.2, 0.25) is 0 Å². The van der Waals surface area contributed by atoms with Gasteiger partial charge in [-0.15, -0.1) is 5.09 Å². The second kappa shape index (κ2) is 14.6. The average Bonchev–Trinajstić information content (AvgIpc) is 2.60. The van der Waals surface area contributed by atoms with Gasteiger partial charge in [-0.3, -0.25) is 0 Å². The minimum absolute atomic E-state index is 0.319. The third-order valence-corrected chi connectivity index (χ3v) is 4.24. The fourth-order valence-corrected chi connectivity index (χ4v) is 2.75. The van der Waals surface area contributed by atoms with Gasteiger partial charge >= 0.3 is 7.95 Å². The molecule has 0 saturated heterocycles. The number of aromatic nitrogens is 3. The second-order valence-electron chi connectivity index (χ2n) is 6.17. The number of hydrogen-bond donors (Lipinski definition) is 5. The summed E-state index contributed by atoms with van der Waals surface area (Å²) in [7, 11) is -1.58. The first-order valence-corrected chi connectivity index (χ1v) is 11.2. The molecule has 9 nitrogen and oxygen atoms in total. The highest BCUT2D eigenvalue weighted by molar-refractivity contribution is 7.45. The zero-order valence-electron chi connectivity index (χ0n) is 15.8. The Morgan fingerprint density at radius 1 is 0.731 bits per heavy atom. The van der Waals surface area contributed by atoms with Gasteiger partial charge in [-0.1, -0.05) is 25.7 Å². The van der Waals surface area contributed by atoms with Crippen molar-refractivity contribution in [2.75, 3.05) is 48.6 Å². The molecule has 0 saturated carbocycles. The van der Waals surface area contributed by atoms with Crippen molar-refractivity contribution in [3.05, 3.63) is 0 Å². The highest BCUT2D eigenvalue weighted by Gasteiger charge is 2.12. The lowest BCUT2D eigenvalue weighted by Gasteiger charge is -2.09. The third-order valence-electron chi connectivity index (χ3n) is 3.72. The summed E-state index contributed by atoms with van der Waals surface area (Å²) in [5.41, 5.74) is 11.0. The largest absolute Gasteiger partial charge is 0.459 e. The predicted octanol–water partition coefficient (Wildman–Crippen LogP) is 2.52. The third kappa shape index (κ3) is 11.1. The van der Waals surface area contributed by atoms with E-state index in [-0.39, 0.29) is 0 Å². The van der Waals surface area contributed by atoms with Crippen molar-refractivity contribution in [3.63, 3.8) is 0 Å². The molecule has 1 aromatic heterocycles. The van der Waals surface area contributed by atoms with Crippen LogP contribution in [0.15, 0.2) is 0 Å². The van der Waals surface area contributed by atoms with Crippen LogP contribution < -0.4 is 27.2 Å². The molecule has 0 amide bonds. The summed E-state index contributed by atoms with van der Waals surface area (Å²) in [5, 5.41) is 9.18. The van der Waals surface area contributed by atoms with Crippen molar-refractivity contribution < 1.29 is 4.57 Å². The Kier molecular flexibility index (Phi) is 12.6. The standard InChI is InChI=1S/C16H34N8OP/c1-26(25)24-16-22-14(19-12-8-4-2-6-10-17)21-15(23-16)20-13-9-5-3-7-11-18/h2-13,17-18H2,1H3,(H3,19,20,21,22,23,24,25)/q+1. The van der Waals surface area contributed by atoms with E-state index in [1.165, 1.54) is 0 Å². The molecule has 1 unspecified atom stereocenters. The van der Waals surface area contributed by atoms with Crippen LogP contribution in [0.4, 0.5) is 17.8 Å². The second-order valence-corrected chi connectivity index (χ2v) is 7.39. The summed E-state index contributed by atoms with van der Waals surface area (Å²) in [4.78, 5) is 12.9. The minimum Gasteiger partial charge on any atom is -0.354 e. The van der Waals surface area contributed by atoms with E-state index in [1.807, 2.05) is 0 Å². The Morgan fingerprint density at radius 2 is 1.15 bits per heavy atom. The normalized spacial score (nSPS) is 11.3. The molecular weight excluding hydrogens is 351 g/mol. The molecule has 26 heavy (non-hydrogen) atoms. The van der Waals surface area contributed by atoms with Crippen LogP contribution in [0.1, 0.15) is 51.4 Å². The van der Waals surface area contributed by atoms with Crippen LogP contribution in [0.5, 0.6) is 0 Å². The highest BCUT2D eigenvalue weighted by Crippen LogP contribution is 2.18. The van der Waals surface area contributed by atoms with Crippen molar-refractivity contribution >= 4 is 25.8 Å². The lowest BCUT2D eigenvalue weighted by molar-refractivity contribution is 0.594. The number of nitrogens with zero attached hydrogens (tertiary/aromatic N) is 3. The van der Waals surface area contributed by atoms with Crippen LogP contribution in [0.25, 0.3) is 0 Å². The molecule has 7 N–H and O–H groups in total. The minimum atomic E-state index is -1.58. The summed E-state index contributed by atoms with van der Waals surface area (Å²) < 4.78 is 11.4. The van der Waals surface area contributed by atoms with E-state index in [4.69, 9.17) is 11.5 Å². The van der Waals surface area contributed by atoms with E-state index in [1.54, 1.807) is 6.66 Å². The molecule has 0 aliphatic heterocycles. The molecule has 0 fully saturated rings. The fourth-order valence-electron chi connectivity index (χ4n) is 2.37. The maximum atomic E-state index is 11.4. The summed E-state index contributed by atoms with van der Waals surface area (Å²) >= 11 is 0. The first kappa shape index (κ1) is 22.5. The van der Waals surface area contributed by atoms with Gasteiger partial charge in [0.1, 0.15) is 0 Å². The zero-order valence-corrected chi connectivity index (χ0v) is 16.7. The molecule has 10 heteroatoms. The summed E-state index contributed by atoms with van der Waals surface area (Å²) in [6.07, 6.45) is 8.68. The summed E-state index contributed by atoms with van der Waals surface area (Å²) in [5.74, 6) is 1.30. The number of nitrogens with two attached hydrogens (primary N) is 2. The molecule has 0 bridgehead atoms. The number of hydrogen-bond acceptors (Lipinski definition) is 8. The van der Waals surface area contributed by atoms with E-state index in [2.05, 4.69) is 30.7 Å². The van der Waals surface area contributed by atoms with Crippen LogP contribution in [0, 0.1) is 0 Å². The maximum Gasteiger partial charge on any atom is 0.459 e. The number of rotatable bonds is 16. The zero-order chi connectivity index (χ0) is 19.0. The first-order valence-electron chi connectivity index (χ1n) is 9.47. The summed E-state index contributed by atoms with van der Waals surface area (Å²) in [6, 6.07) is 0. The molecule has 0 aliphatic carbocycles. The van der Waals surface area contributed by atoms with E-state index in [9.17, 15) is 4.57 Å². The van der Waals surface area contributed by atoms with Gasteiger partial charge in [0, 0.05) is 13.1 Å². The number of anilines is 3. The van der Waals surface area contributed by atoms with Crippen molar-refractivity contribution in [1.29, 1.82) is 0 Å². The predicted molar refractivity (Wildman–Crippen MR) is 109 cm³/mol. The van der Waals surface area contributed by atoms with Crippen molar-refractivity contribution in [3.8, 4) is 0 Å². The van der Waals surface area contributed by atoms with Crippen LogP contribution in [-0.2, 0) is 4.57 Å². The number of unbranched alkanes of at least 4 members (excludes halogenated alkanes) is 6. The molecule has 1 atom stereocenters. The number of nitrogens with one attached hydrogen (secondary N) is 3. The van der Waals surface area contributed by atoms with Crippen molar-refractivity contribution in [1.82, 2.24) is 15.0 Å². The van der Waals surface area contributed by atoms with Gasteiger partial charge < -0.3 is 22.1 Å². The highest BCUT2D eigenvalue weighted by atomic mass is 31.1. The lowest BCUT2D eigenvalue weighted by Crippen LogP contribution is -2.12. The molecule has 0 spiro atoms. The lowest BCUT2D eigenvalue weighted by atomic mass is 10.2. The molecule has 0 aromatic carbocycles. The van der Waals surface area contributed by atoms with E-state index in [0.29, 0.717) is 17.8 Å². The topological polar surface area (TPSA) is 144 Å². The van der Waals surface area contributed by atoms with Crippen LogP contribution in [-0.4, -0.2) is 47.8 Å². The molecular formula is C16H34N8OP+. The Balaban J connectivity index is 2.49. The van der Waals surface area contributed by atoms with Gasteiger partial charge in [-0.2, -0.15) is 15.0 Å². The average molecular weight is 385 g/mol. The maximum absolute atomic E-state index is 11.4. The van der Waals surface area contributed by atoms with E-state index in [0.717, 1.165) is 77.5 Å². The quantitative estimate of drug-likeness (QED) is 0.214. The van der Waals surface area contributed by atoms with Gasteiger partial charge in [-0.25, -0.2) is 0 Å². The van der Waals surface area contributed by atoms with Gasteiger partial charge in [-0.05, 0) is 43.3 Å². The Labute approximate surface area is 157 Å². The SMILES string of the molecule is C[P+](=O)Nc1nc(NCCCCCCN)nc(NCCCCCCN)n1. The fraction of sp³-hybridized carbons (Fsp3) is 0.812. The Hall–Kier alpha value is -1.57. The van der Waals surface area contributed by atoms with E-state index < -0.39 is 7.95 Å². The smallest absolute Gasteiger partial charge is 0.354 e. The Morgan fingerprint density at radius 3 is 1.58 bits per heavy atom. The van der Waals surface area contributed by atoms with Crippen LogP contribution >= 0.6 is 7.95 Å². The van der Waals surface area contributed by atoms with Crippen molar-refractivity contribution in [2.45, 2.75) is 51.4 Å². The molecule has 1 rings (SSSR count). The van der Waals surface area contributed by atoms with Crippen LogP contribution in [0.3, 0.4) is 0 Å². The summed E-state index contributed by atoms with van der Waals surface area (Å²) in [6.45, 7) is 4.63. The molecule has 0 aliphatic rings. The van der Waals surface area contributed by atoms with Gasteiger partial charge in [0.15, 0.2) is 6.66 Å². The van der Waals surface area contributed by atoms with Gasteiger partial charge in [0.05, 0.1) is 0 Å². The Bertz CT molecular complexity index is 483. The van der Waals surface area contributed by atoms with Crippen molar-refractivity contribution in [2.24, 2.45) is 11.5 Å². The van der Waals surface area contributed by atoms with Gasteiger partial charge in [0.25, 0.3) is 5.95 Å². The molecule has 148 valence electrons. The van der Waals surface area contributed by atoms with Gasteiger partial charge in [0.2, 0.25) is 11.9 Å². The molecule has 1 heterocycles. The molecule has 0 radical (unpaired) electrons. The molecule has 1 aromatic rings. The van der Waals surface area contributed by atoms with E-state index >= 15 is 0 Å². The first-order chi connectivity index (χ1) is 12.7. The monoisotopic (exact) mass is 385 g/mol.